The van der Waals surface area contributed by atoms with Crippen LogP contribution >= 0.6 is 27.7 Å². The maximum atomic E-state index is 5.42. The highest BCUT2D eigenvalue weighted by atomic mass is 79.9. The SMILES string of the molecule is CCNC(CSc1cccc(Br)c1)c1ncccc1OC. The van der Waals surface area contributed by atoms with Crippen LogP contribution in [0.1, 0.15) is 18.7 Å². The highest BCUT2D eigenvalue weighted by Gasteiger charge is 2.16. The highest BCUT2D eigenvalue weighted by Crippen LogP contribution is 2.29. The van der Waals surface area contributed by atoms with Crippen molar-refractivity contribution >= 4 is 27.7 Å². The summed E-state index contributed by atoms with van der Waals surface area (Å²) in [4.78, 5) is 5.73. The van der Waals surface area contributed by atoms with Crippen LogP contribution in [0.5, 0.6) is 5.75 Å². The Morgan fingerprint density at radius 2 is 2.19 bits per heavy atom. The minimum Gasteiger partial charge on any atom is -0.495 e. The van der Waals surface area contributed by atoms with Gasteiger partial charge in [-0.25, -0.2) is 0 Å². The van der Waals surface area contributed by atoms with Gasteiger partial charge in [-0.3, -0.25) is 4.98 Å². The predicted octanol–water partition coefficient (Wildman–Crippen LogP) is 4.30. The van der Waals surface area contributed by atoms with Crippen LogP contribution < -0.4 is 10.1 Å². The lowest BCUT2D eigenvalue weighted by Crippen LogP contribution is -2.24. The second-order valence-corrected chi connectivity index (χ2v) is 6.48. The number of aromatic nitrogens is 1. The number of benzene rings is 1. The number of rotatable bonds is 7. The molecule has 1 N–H and O–H groups in total. The lowest BCUT2D eigenvalue weighted by molar-refractivity contribution is 0.398. The molecule has 2 rings (SSSR count). The summed E-state index contributed by atoms with van der Waals surface area (Å²) in [5.41, 5.74) is 0.962. The molecule has 1 unspecified atom stereocenters. The van der Waals surface area contributed by atoms with Crippen LogP contribution in [0.2, 0.25) is 0 Å². The van der Waals surface area contributed by atoms with Gasteiger partial charge in [-0.05, 0) is 36.9 Å². The van der Waals surface area contributed by atoms with Crippen LogP contribution in [0.15, 0.2) is 52.0 Å². The van der Waals surface area contributed by atoms with Crippen molar-refractivity contribution in [1.29, 1.82) is 0 Å². The van der Waals surface area contributed by atoms with Crippen molar-refractivity contribution in [2.75, 3.05) is 19.4 Å². The van der Waals surface area contributed by atoms with E-state index < -0.39 is 0 Å². The molecule has 0 fully saturated rings. The fraction of sp³-hybridized carbons (Fsp3) is 0.312. The van der Waals surface area contributed by atoms with Gasteiger partial charge in [-0.1, -0.05) is 28.9 Å². The van der Waals surface area contributed by atoms with E-state index in [2.05, 4.69) is 51.4 Å². The zero-order chi connectivity index (χ0) is 15.1. The number of hydrogen-bond acceptors (Lipinski definition) is 4. The lowest BCUT2D eigenvalue weighted by Gasteiger charge is -2.19. The first kappa shape index (κ1) is 16.3. The quantitative estimate of drug-likeness (QED) is 0.740. The highest BCUT2D eigenvalue weighted by molar-refractivity contribution is 9.10. The third kappa shape index (κ3) is 4.73. The summed E-state index contributed by atoms with van der Waals surface area (Å²) in [5.74, 6) is 1.73. The van der Waals surface area contributed by atoms with Crippen molar-refractivity contribution < 1.29 is 4.74 Å². The van der Waals surface area contributed by atoms with E-state index in [1.54, 1.807) is 7.11 Å². The molecule has 0 saturated carbocycles. The maximum absolute atomic E-state index is 5.42. The van der Waals surface area contributed by atoms with E-state index in [1.165, 1.54) is 4.90 Å². The second-order valence-electron chi connectivity index (χ2n) is 4.47. The van der Waals surface area contributed by atoms with Gasteiger partial charge in [0.15, 0.2) is 0 Å². The Kier molecular flexibility index (Phi) is 6.54. The van der Waals surface area contributed by atoms with Crippen LogP contribution in [-0.2, 0) is 0 Å². The van der Waals surface area contributed by atoms with E-state index in [0.29, 0.717) is 0 Å². The van der Waals surface area contributed by atoms with E-state index in [9.17, 15) is 0 Å². The molecule has 0 amide bonds. The molecule has 1 aromatic carbocycles. The average molecular weight is 367 g/mol. The van der Waals surface area contributed by atoms with Crippen molar-refractivity contribution in [2.45, 2.75) is 17.9 Å². The van der Waals surface area contributed by atoms with Crippen LogP contribution in [0.3, 0.4) is 0 Å². The van der Waals surface area contributed by atoms with Crippen LogP contribution in [-0.4, -0.2) is 24.4 Å². The second kappa shape index (κ2) is 8.41. The third-order valence-corrected chi connectivity index (χ3v) is 4.59. The lowest BCUT2D eigenvalue weighted by atomic mass is 10.2. The molecule has 1 atom stereocenters. The summed E-state index contributed by atoms with van der Waals surface area (Å²) in [6.45, 7) is 3.00. The van der Waals surface area contributed by atoms with E-state index in [-0.39, 0.29) is 6.04 Å². The molecule has 0 bridgehead atoms. The summed E-state index contributed by atoms with van der Waals surface area (Å²) >= 11 is 5.31. The van der Waals surface area contributed by atoms with Gasteiger partial charge < -0.3 is 10.1 Å². The molecule has 1 aromatic heterocycles. The zero-order valence-corrected chi connectivity index (χ0v) is 14.6. The van der Waals surface area contributed by atoms with Gasteiger partial charge in [0.25, 0.3) is 0 Å². The monoisotopic (exact) mass is 366 g/mol. The first-order valence-electron chi connectivity index (χ1n) is 6.85. The van der Waals surface area contributed by atoms with Crippen LogP contribution in [0.25, 0.3) is 0 Å². The summed E-state index contributed by atoms with van der Waals surface area (Å²) in [5, 5.41) is 3.48. The van der Waals surface area contributed by atoms with Gasteiger partial charge in [-0.2, -0.15) is 0 Å². The Morgan fingerprint density at radius 3 is 2.90 bits per heavy atom. The molecular formula is C16H19BrN2OS. The molecule has 0 saturated heterocycles. The minimum absolute atomic E-state index is 0.162. The number of halogens is 1. The summed E-state index contributed by atoms with van der Waals surface area (Å²) in [6.07, 6.45) is 1.81. The number of nitrogens with one attached hydrogen (secondary N) is 1. The molecule has 0 spiro atoms. The van der Waals surface area contributed by atoms with E-state index in [0.717, 1.165) is 28.2 Å². The molecule has 2 aromatic rings. The predicted molar refractivity (Wildman–Crippen MR) is 92.1 cm³/mol. The maximum Gasteiger partial charge on any atom is 0.142 e. The van der Waals surface area contributed by atoms with Crippen molar-refractivity contribution in [3.05, 3.63) is 52.8 Å². The van der Waals surface area contributed by atoms with Gasteiger partial charge in [0.1, 0.15) is 5.75 Å². The standard InChI is InChI=1S/C16H19BrN2OS/c1-3-18-14(16-15(20-2)8-5-9-19-16)11-21-13-7-4-6-12(17)10-13/h4-10,14,18H,3,11H2,1-2H3. The Morgan fingerprint density at radius 1 is 1.33 bits per heavy atom. The first-order chi connectivity index (χ1) is 10.2. The fourth-order valence-corrected chi connectivity index (χ4v) is 3.63. The number of thioether (sulfide) groups is 1. The van der Waals surface area contributed by atoms with Crippen LogP contribution in [0.4, 0.5) is 0 Å². The summed E-state index contributed by atoms with van der Waals surface area (Å²) in [6, 6.07) is 12.3. The molecule has 0 aliphatic rings. The molecule has 21 heavy (non-hydrogen) atoms. The van der Waals surface area contributed by atoms with Gasteiger partial charge in [-0.15, -0.1) is 11.8 Å². The normalized spacial score (nSPS) is 12.1. The van der Waals surface area contributed by atoms with Gasteiger partial charge in [0.2, 0.25) is 0 Å². The molecule has 5 heteroatoms. The first-order valence-corrected chi connectivity index (χ1v) is 8.63. The number of methoxy groups -OCH3 is 1. The molecule has 1 heterocycles. The zero-order valence-electron chi connectivity index (χ0n) is 12.2. The van der Waals surface area contributed by atoms with Gasteiger partial charge >= 0.3 is 0 Å². The molecule has 3 nitrogen and oxygen atoms in total. The van der Waals surface area contributed by atoms with Crippen molar-refractivity contribution in [2.24, 2.45) is 0 Å². The fourth-order valence-electron chi connectivity index (χ4n) is 2.05. The van der Waals surface area contributed by atoms with Crippen molar-refractivity contribution in [3.8, 4) is 5.75 Å². The number of pyridine rings is 1. The van der Waals surface area contributed by atoms with E-state index >= 15 is 0 Å². The topological polar surface area (TPSA) is 34.2 Å². The number of ether oxygens (including phenoxy) is 1. The molecule has 112 valence electrons. The van der Waals surface area contributed by atoms with Crippen molar-refractivity contribution in [3.63, 3.8) is 0 Å². The largest absolute Gasteiger partial charge is 0.495 e. The summed E-state index contributed by atoms with van der Waals surface area (Å²) < 4.78 is 6.52. The number of hydrogen-bond donors (Lipinski definition) is 1. The Hall–Kier alpha value is -1.04. The van der Waals surface area contributed by atoms with E-state index in [4.69, 9.17) is 4.74 Å². The summed E-state index contributed by atoms with van der Waals surface area (Å²) in [7, 11) is 1.69. The Bertz CT molecular complexity index is 580. The molecule has 0 aliphatic heterocycles. The van der Waals surface area contributed by atoms with Crippen molar-refractivity contribution in [1.82, 2.24) is 10.3 Å². The number of nitrogens with zero attached hydrogens (tertiary/aromatic N) is 1. The molecule has 0 aliphatic carbocycles. The smallest absolute Gasteiger partial charge is 0.142 e. The van der Waals surface area contributed by atoms with Crippen LogP contribution in [0, 0.1) is 0 Å². The average Bonchev–Trinajstić information content (AvgIpc) is 2.51. The molecule has 0 radical (unpaired) electrons. The Labute approximate surface area is 138 Å². The van der Waals surface area contributed by atoms with E-state index in [1.807, 2.05) is 36.2 Å². The molecular weight excluding hydrogens is 348 g/mol. The minimum atomic E-state index is 0.162. The Balaban J connectivity index is 2.12. The third-order valence-electron chi connectivity index (χ3n) is 3.01. The van der Waals surface area contributed by atoms with Gasteiger partial charge in [0.05, 0.1) is 18.8 Å². The van der Waals surface area contributed by atoms with Gasteiger partial charge in [0, 0.05) is 21.3 Å².